The Morgan fingerprint density at radius 2 is 1.77 bits per heavy atom. The van der Waals surface area contributed by atoms with E-state index >= 15 is 0 Å². The summed E-state index contributed by atoms with van der Waals surface area (Å²) in [6.07, 6.45) is 0.901. The fraction of sp³-hybridized carbons (Fsp3) is 0.455. The van der Waals surface area contributed by atoms with Crippen LogP contribution in [-0.4, -0.2) is 6.04 Å². The molecule has 3 atom stereocenters. The van der Waals surface area contributed by atoms with Crippen molar-refractivity contribution in [3.63, 3.8) is 0 Å². The summed E-state index contributed by atoms with van der Waals surface area (Å²) in [6, 6.07) is 8.69. The second-order valence-corrected chi connectivity index (χ2v) is 3.92. The van der Waals surface area contributed by atoms with E-state index in [1.54, 1.807) is 0 Å². The van der Waals surface area contributed by atoms with Gasteiger partial charge in [0.2, 0.25) is 0 Å². The maximum absolute atomic E-state index is 6.02. The van der Waals surface area contributed by atoms with E-state index in [0.29, 0.717) is 5.92 Å². The highest BCUT2D eigenvalue weighted by atomic mass is 14.7. The molecule has 1 aliphatic rings. The van der Waals surface area contributed by atoms with Gasteiger partial charge in [-0.2, -0.15) is 0 Å². The van der Waals surface area contributed by atoms with Crippen LogP contribution in [0.2, 0.25) is 0 Å². The summed E-state index contributed by atoms with van der Waals surface area (Å²) in [5, 5.41) is 0. The van der Waals surface area contributed by atoms with E-state index in [4.69, 9.17) is 11.5 Å². The highest BCUT2D eigenvalue weighted by Crippen LogP contribution is 2.34. The number of hydrogen-bond acceptors (Lipinski definition) is 2. The third-order valence-corrected chi connectivity index (χ3v) is 3.05. The first-order valence-electron chi connectivity index (χ1n) is 4.80. The monoisotopic (exact) mass is 176 g/mol. The van der Waals surface area contributed by atoms with Crippen molar-refractivity contribution in [3.8, 4) is 0 Å². The van der Waals surface area contributed by atoms with E-state index in [9.17, 15) is 0 Å². The lowest BCUT2D eigenvalue weighted by atomic mass is 9.78. The van der Waals surface area contributed by atoms with Gasteiger partial charge in [0.05, 0.1) is 0 Å². The van der Waals surface area contributed by atoms with Crippen LogP contribution in [0.3, 0.4) is 0 Å². The standard InChI is InChI=1S/C11H16N2/c1-7-8-4-2-3-5-9(8)11(13)6-10(7)12/h2-5,7,10-11H,6,12-13H2,1H3. The zero-order chi connectivity index (χ0) is 9.42. The zero-order valence-electron chi connectivity index (χ0n) is 7.90. The fourth-order valence-corrected chi connectivity index (χ4v) is 2.12. The average Bonchev–Trinajstić information content (AvgIpc) is 2.15. The average molecular weight is 176 g/mol. The molecular weight excluding hydrogens is 160 g/mol. The normalized spacial score (nSPS) is 32.7. The molecule has 0 saturated heterocycles. The Kier molecular flexibility index (Phi) is 2.10. The van der Waals surface area contributed by atoms with Gasteiger partial charge in [0.15, 0.2) is 0 Å². The maximum Gasteiger partial charge on any atom is 0.0312 e. The minimum atomic E-state index is 0.127. The zero-order valence-corrected chi connectivity index (χ0v) is 7.90. The summed E-state index contributed by atoms with van der Waals surface area (Å²) in [5.41, 5.74) is 14.6. The first-order valence-corrected chi connectivity index (χ1v) is 4.80. The molecule has 4 N–H and O–H groups in total. The van der Waals surface area contributed by atoms with Gasteiger partial charge in [-0.05, 0) is 23.5 Å². The van der Waals surface area contributed by atoms with Gasteiger partial charge >= 0.3 is 0 Å². The SMILES string of the molecule is CC1c2ccccc2C(N)CC1N. The molecule has 0 aromatic heterocycles. The van der Waals surface area contributed by atoms with E-state index in [1.807, 2.05) is 6.07 Å². The molecule has 0 amide bonds. The highest BCUT2D eigenvalue weighted by Gasteiger charge is 2.27. The van der Waals surface area contributed by atoms with Crippen molar-refractivity contribution in [2.24, 2.45) is 11.5 Å². The third-order valence-electron chi connectivity index (χ3n) is 3.05. The Labute approximate surface area is 78.9 Å². The van der Waals surface area contributed by atoms with Crippen molar-refractivity contribution in [3.05, 3.63) is 35.4 Å². The lowest BCUT2D eigenvalue weighted by Crippen LogP contribution is -2.36. The van der Waals surface area contributed by atoms with Gasteiger partial charge in [-0.1, -0.05) is 31.2 Å². The van der Waals surface area contributed by atoms with Gasteiger partial charge in [-0.25, -0.2) is 0 Å². The number of nitrogens with two attached hydrogens (primary N) is 2. The van der Waals surface area contributed by atoms with Crippen molar-refractivity contribution >= 4 is 0 Å². The molecule has 0 bridgehead atoms. The van der Waals surface area contributed by atoms with Crippen molar-refractivity contribution in [1.29, 1.82) is 0 Å². The summed E-state index contributed by atoms with van der Waals surface area (Å²) >= 11 is 0. The molecule has 0 fully saturated rings. The van der Waals surface area contributed by atoms with Gasteiger partial charge in [0.25, 0.3) is 0 Å². The van der Waals surface area contributed by atoms with Crippen LogP contribution in [0, 0.1) is 0 Å². The third kappa shape index (κ3) is 1.36. The molecule has 1 aromatic carbocycles. The molecule has 1 aromatic rings. The molecule has 2 nitrogen and oxygen atoms in total. The fourth-order valence-electron chi connectivity index (χ4n) is 2.12. The molecule has 0 saturated carbocycles. The molecular formula is C11H16N2. The molecule has 1 aliphatic carbocycles. The van der Waals surface area contributed by atoms with E-state index in [-0.39, 0.29) is 12.1 Å². The Balaban J connectivity index is 2.47. The second kappa shape index (κ2) is 3.13. The Hall–Kier alpha value is -0.860. The summed E-state index contributed by atoms with van der Waals surface area (Å²) < 4.78 is 0. The van der Waals surface area contributed by atoms with Gasteiger partial charge in [0, 0.05) is 12.1 Å². The summed E-state index contributed by atoms with van der Waals surface area (Å²) in [4.78, 5) is 0. The number of hydrogen-bond donors (Lipinski definition) is 2. The molecule has 2 rings (SSSR count). The minimum absolute atomic E-state index is 0.127. The van der Waals surface area contributed by atoms with Gasteiger partial charge in [-0.3, -0.25) is 0 Å². The molecule has 0 spiro atoms. The lowest BCUT2D eigenvalue weighted by molar-refractivity contribution is 0.443. The summed E-state index contributed by atoms with van der Waals surface area (Å²) in [7, 11) is 0. The van der Waals surface area contributed by atoms with Crippen LogP contribution < -0.4 is 11.5 Å². The molecule has 0 heterocycles. The topological polar surface area (TPSA) is 52.0 Å². The summed E-state index contributed by atoms with van der Waals surface area (Å²) in [6.45, 7) is 2.18. The van der Waals surface area contributed by atoms with Crippen LogP contribution in [0.25, 0.3) is 0 Å². The second-order valence-electron chi connectivity index (χ2n) is 3.92. The number of fused-ring (bicyclic) bond motifs is 1. The van der Waals surface area contributed by atoms with Crippen LogP contribution >= 0.6 is 0 Å². The quantitative estimate of drug-likeness (QED) is 0.629. The van der Waals surface area contributed by atoms with Crippen LogP contribution in [-0.2, 0) is 0 Å². The van der Waals surface area contributed by atoms with Crippen LogP contribution in [0.1, 0.15) is 36.4 Å². The van der Waals surface area contributed by atoms with Gasteiger partial charge < -0.3 is 11.5 Å². The van der Waals surface area contributed by atoms with Crippen molar-refractivity contribution in [1.82, 2.24) is 0 Å². The van der Waals surface area contributed by atoms with Gasteiger partial charge in [0.1, 0.15) is 0 Å². The van der Waals surface area contributed by atoms with E-state index in [1.165, 1.54) is 11.1 Å². The molecule has 0 aliphatic heterocycles. The smallest absolute Gasteiger partial charge is 0.0312 e. The van der Waals surface area contributed by atoms with Crippen LogP contribution in [0.4, 0.5) is 0 Å². The van der Waals surface area contributed by atoms with E-state index in [0.717, 1.165) is 6.42 Å². The summed E-state index contributed by atoms with van der Waals surface area (Å²) in [5.74, 6) is 0.441. The number of rotatable bonds is 0. The largest absolute Gasteiger partial charge is 0.327 e. The highest BCUT2D eigenvalue weighted by molar-refractivity contribution is 5.36. The number of benzene rings is 1. The van der Waals surface area contributed by atoms with E-state index < -0.39 is 0 Å². The predicted molar refractivity (Wildman–Crippen MR) is 54.4 cm³/mol. The molecule has 70 valence electrons. The molecule has 3 unspecified atom stereocenters. The van der Waals surface area contributed by atoms with Crippen molar-refractivity contribution in [2.75, 3.05) is 0 Å². The van der Waals surface area contributed by atoms with Crippen LogP contribution in [0.5, 0.6) is 0 Å². The first kappa shape index (κ1) is 8.73. The van der Waals surface area contributed by atoms with Crippen molar-refractivity contribution in [2.45, 2.75) is 31.3 Å². The first-order chi connectivity index (χ1) is 6.20. The predicted octanol–water partition coefficient (Wildman–Crippen LogP) is 1.52. The molecule has 0 radical (unpaired) electrons. The molecule has 2 heteroatoms. The Bertz CT molecular complexity index is 309. The maximum atomic E-state index is 6.02. The van der Waals surface area contributed by atoms with Gasteiger partial charge in [-0.15, -0.1) is 0 Å². The Morgan fingerprint density at radius 1 is 1.15 bits per heavy atom. The van der Waals surface area contributed by atoms with Crippen molar-refractivity contribution < 1.29 is 0 Å². The molecule has 13 heavy (non-hydrogen) atoms. The lowest BCUT2D eigenvalue weighted by Gasteiger charge is -2.32. The van der Waals surface area contributed by atoms with E-state index in [2.05, 4.69) is 25.1 Å². The Morgan fingerprint density at radius 3 is 2.46 bits per heavy atom. The van der Waals surface area contributed by atoms with Crippen LogP contribution in [0.15, 0.2) is 24.3 Å². The minimum Gasteiger partial charge on any atom is -0.327 e.